The number of pyridine rings is 2. The van der Waals surface area contributed by atoms with E-state index >= 15 is 0 Å². The number of ether oxygens (including phenoxy) is 1. The summed E-state index contributed by atoms with van der Waals surface area (Å²) in [6.45, 7) is 5.77. The Bertz CT molecular complexity index is 1120. The summed E-state index contributed by atoms with van der Waals surface area (Å²) in [5, 5.41) is 3.11. The lowest BCUT2D eigenvalue weighted by Crippen LogP contribution is -2.16. The Morgan fingerprint density at radius 2 is 2.00 bits per heavy atom. The van der Waals surface area contributed by atoms with Crippen LogP contribution in [0, 0.1) is 0 Å². The van der Waals surface area contributed by atoms with Crippen LogP contribution >= 0.6 is 0 Å². The predicted octanol–water partition coefficient (Wildman–Crippen LogP) is 5.01. The number of aromatic amines is 1. The second-order valence-electron chi connectivity index (χ2n) is 7.38. The third-order valence-electron chi connectivity index (χ3n) is 5.06. The first kappa shape index (κ1) is 19.2. The Morgan fingerprint density at radius 1 is 1.10 bits per heavy atom. The first-order chi connectivity index (χ1) is 14.2. The summed E-state index contributed by atoms with van der Waals surface area (Å²) in [7, 11) is 1.91. The lowest BCUT2D eigenvalue weighted by atomic mass is 9.95. The van der Waals surface area contributed by atoms with Crippen LogP contribution < -0.4 is 10.1 Å². The van der Waals surface area contributed by atoms with Crippen LogP contribution in [-0.2, 0) is 0 Å². The minimum atomic E-state index is 0.456. The fourth-order valence-electron chi connectivity index (χ4n) is 3.52. The van der Waals surface area contributed by atoms with Crippen molar-refractivity contribution >= 4 is 11.0 Å². The maximum Gasteiger partial charge on any atom is 0.146 e. The lowest BCUT2D eigenvalue weighted by Gasteiger charge is -2.13. The van der Waals surface area contributed by atoms with Crippen LogP contribution in [0.1, 0.15) is 25.3 Å². The molecule has 0 amide bonds. The first-order valence-electron chi connectivity index (χ1n) is 9.98. The second kappa shape index (κ2) is 8.45. The van der Waals surface area contributed by atoms with Crippen molar-refractivity contribution in [3.05, 3.63) is 66.6 Å². The van der Waals surface area contributed by atoms with E-state index in [1.54, 1.807) is 12.4 Å². The highest BCUT2D eigenvalue weighted by molar-refractivity contribution is 6.02. The number of rotatable bonds is 7. The number of aromatic nitrogens is 3. The SMILES string of the molecule is CNCCOc1cnccc1-c1[nH]c2cccnc2c1-c1cccc(C(C)C)c1. The van der Waals surface area contributed by atoms with Gasteiger partial charge in [-0.1, -0.05) is 38.1 Å². The van der Waals surface area contributed by atoms with Crippen LogP contribution in [0.5, 0.6) is 5.75 Å². The minimum absolute atomic E-state index is 0.456. The van der Waals surface area contributed by atoms with Gasteiger partial charge >= 0.3 is 0 Å². The topological polar surface area (TPSA) is 62.8 Å². The van der Waals surface area contributed by atoms with Crippen LogP contribution in [0.2, 0.25) is 0 Å². The molecular formula is C24H26N4O. The summed E-state index contributed by atoms with van der Waals surface area (Å²) < 4.78 is 6.02. The van der Waals surface area contributed by atoms with Gasteiger partial charge in [0.25, 0.3) is 0 Å². The summed E-state index contributed by atoms with van der Waals surface area (Å²) in [4.78, 5) is 12.5. The van der Waals surface area contributed by atoms with E-state index in [1.165, 1.54) is 5.56 Å². The van der Waals surface area contributed by atoms with E-state index in [2.05, 4.69) is 64.4 Å². The molecule has 0 unspecified atom stereocenters. The maximum atomic E-state index is 6.02. The van der Waals surface area contributed by atoms with Crippen LogP contribution in [0.15, 0.2) is 61.1 Å². The van der Waals surface area contributed by atoms with E-state index in [9.17, 15) is 0 Å². The molecule has 0 aliphatic rings. The van der Waals surface area contributed by atoms with Crippen LogP contribution in [0.3, 0.4) is 0 Å². The number of benzene rings is 1. The van der Waals surface area contributed by atoms with Crippen LogP contribution in [-0.4, -0.2) is 35.2 Å². The van der Waals surface area contributed by atoms with E-state index in [-0.39, 0.29) is 0 Å². The standard InChI is InChI=1S/C24H26N4O/c1-16(2)17-6-4-7-18(14-17)22-23(28-20-8-5-10-27-24(20)22)19-9-11-26-15-21(19)29-13-12-25-3/h4-11,14-16,25,28H,12-13H2,1-3H3. The van der Waals surface area contributed by atoms with Gasteiger partial charge in [0, 0.05) is 30.1 Å². The third kappa shape index (κ3) is 3.87. The van der Waals surface area contributed by atoms with Crippen molar-refractivity contribution in [1.82, 2.24) is 20.3 Å². The fourth-order valence-corrected chi connectivity index (χ4v) is 3.52. The molecule has 29 heavy (non-hydrogen) atoms. The van der Waals surface area contributed by atoms with Gasteiger partial charge in [-0.3, -0.25) is 9.97 Å². The van der Waals surface area contributed by atoms with Crippen molar-refractivity contribution < 1.29 is 4.74 Å². The quantitative estimate of drug-likeness (QED) is 0.438. The number of hydrogen-bond donors (Lipinski definition) is 2. The van der Waals surface area contributed by atoms with E-state index in [4.69, 9.17) is 4.74 Å². The maximum absolute atomic E-state index is 6.02. The van der Waals surface area contributed by atoms with E-state index < -0.39 is 0 Å². The monoisotopic (exact) mass is 386 g/mol. The second-order valence-corrected chi connectivity index (χ2v) is 7.38. The van der Waals surface area contributed by atoms with Crippen molar-refractivity contribution in [3.63, 3.8) is 0 Å². The Morgan fingerprint density at radius 3 is 2.83 bits per heavy atom. The molecule has 3 heterocycles. The molecule has 4 rings (SSSR count). The fraction of sp³-hybridized carbons (Fsp3) is 0.250. The molecule has 0 aliphatic heterocycles. The molecule has 5 nitrogen and oxygen atoms in total. The number of nitrogens with one attached hydrogen (secondary N) is 2. The van der Waals surface area contributed by atoms with Crippen molar-refractivity contribution in [3.8, 4) is 28.1 Å². The molecule has 5 heteroatoms. The Labute approximate surface area is 171 Å². The molecule has 0 aliphatic carbocycles. The molecule has 2 N–H and O–H groups in total. The van der Waals surface area contributed by atoms with Gasteiger partial charge in [-0.05, 0) is 42.3 Å². The zero-order valence-corrected chi connectivity index (χ0v) is 17.1. The van der Waals surface area contributed by atoms with Gasteiger partial charge in [0.2, 0.25) is 0 Å². The van der Waals surface area contributed by atoms with Gasteiger partial charge in [-0.15, -0.1) is 0 Å². The lowest BCUT2D eigenvalue weighted by molar-refractivity contribution is 0.318. The van der Waals surface area contributed by atoms with Crippen molar-refractivity contribution in [2.75, 3.05) is 20.2 Å². The molecule has 1 aromatic carbocycles. The van der Waals surface area contributed by atoms with Gasteiger partial charge in [0.05, 0.1) is 22.9 Å². The zero-order valence-electron chi connectivity index (χ0n) is 17.1. The highest BCUT2D eigenvalue weighted by Gasteiger charge is 2.19. The van der Waals surface area contributed by atoms with E-state index in [0.29, 0.717) is 12.5 Å². The summed E-state index contributed by atoms with van der Waals surface area (Å²) >= 11 is 0. The zero-order chi connectivity index (χ0) is 20.2. The van der Waals surface area contributed by atoms with Gasteiger partial charge < -0.3 is 15.0 Å². The number of nitrogens with zero attached hydrogens (tertiary/aromatic N) is 2. The highest BCUT2D eigenvalue weighted by atomic mass is 16.5. The summed E-state index contributed by atoms with van der Waals surface area (Å²) in [6.07, 6.45) is 5.42. The molecular weight excluding hydrogens is 360 g/mol. The molecule has 0 radical (unpaired) electrons. The third-order valence-corrected chi connectivity index (χ3v) is 5.06. The van der Waals surface area contributed by atoms with Crippen molar-refractivity contribution in [2.45, 2.75) is 19.8 Å². The Hall–Kier alpha value is -3.18. The first-order valence-corrected chi connectivity index (χ1v) is 9.98. The molecule has 0 spiro atoms. The molecule has 0 bridgehead atoms. The molecule has 0 atom stereocenters. The van der Waals surface area contributed by atoms with Crippen molar-refractivity contribution in [2.24, 2.45) is 0 Å². The summed E-state index contributed by atoms with van der Waals surface area (Å²) in [6, 6.07) is 14.7. The number of H-pyrrole nitrogens is 1. The number of fused-ring (bicyclic) bond motifs is 1. The Balaban J connectivity index is 1.91. The normalized spacial score (nSPS) is 11.3. The molecule has 4 aromatic rings. The average Bonchev–Trinajstić information content (AvgIpc) is 3.14. The molecule has 3 aromatic heterocycles. The van der Waals surface area contributed by atoms with Gasteiger partial charge in [0.1, 0.15) is 12.4 Å². The van der Waals surface area contributed by atoms with Gasteiger partial charge in [0.15, 0.2) is 0 Å². The molecule has 0 fully saturated rings. The van der Waals surface area contributed by atoms with E-state index in [0.717, 1.165) is 45.7 Å². The van der Waals surface area contributed by atoms with E-state index in [1.807, 2.05) is 25.4 Å². The summed E-state index contributed by atoms with van der Waals surface area (Å²) in [5.74, 6) is 1.22. The van der Waals surface area contributed by atoms with Crippen LogP contribution in [0.25, 0.3) is 33.4 Å². The number of hydrogen-bond acceptors (Lipinski definition) is 4. The molecule has 0 saturated carbocycles. The van der Waals surface area contributed by atoms with Crippen molar-refractivity contribution in [1.29, 1.82) is 0 Å². The smallest absolute Gasteiger partial charge is 0.146 e. The average molecular weight is 386 g/mol. The number of likely N-dealkylation sites (N-methyl/N-ethyl adjacent to an activating group) is 1. The van der Waals surface area contributed by atoms with Gasteiger partial charge in [-0.25, -0.2) is 0 Å². The Kier molecular flexibility index (Phi) is 5.58. The summed E-state index contributed by atoms with van der Waals surface area (Å²) in [5.41, 5.74) is 7.49. The minimum Gasteiger partial charge on any atom is -0.490 e. The highest BCUT2D eigenvalue weighted by Crippen LogP contribution is 2.41. The molecule has 0 saturated heterocycles. The van der Waals surface area contributed by atoms with Gasteiger partial charge in [-0.2, -0.15) is 0 Å². The largest absolute Gasteiger partial charge is 0.490 e. The van der Waals surface area contributed by atoms with Crippen LogP contribution in [0.4, 0.5) is 0 Å². The molecule has 148 valence electrons. The predicted molar refractivity (Wildman–Crippen MR) is 118 cm³/mol.